The van der Waals surface area contributed by atoms with E-state index in [4.69, 9.17) is 4.74 Å². The number of carbonyl (C=O) groups excluding carboxylic acids is 1. The zero-order chi connectivity index (χ0) is 9.26. The summed E-state index contributed by atoms with van der Waals surface area (Å²) in [4.78, 5) is 13.2. The molecule has 2 atom stereocenters. The number of rotatable bonds is 1. The number of ether oxygens (including phenoxy) is 1. The summed E-state index contributed by atoms with van der Waals surface area (Å²) in [6, 6.07) is 0. The van der Waals surface area contributed by atoms with Gasteiger partial charge in [0, 0.05) is 25.6 Å². The summed E-state index contributed by atoms with van der Waals surface area (Å²) in [5, 5.41) is 0. The summed E-state index contributed by atoms with van der Waals surface area (Å²) >= 11 is 0. The second-order valence-electron chi connectivity index (χ2n) is 3.74. The molecule has 0 aliphatic carbocycles. The number of amides is 1. The highest BCUT2D eigenvalue weighted by Crippen LogP contribution is 2.28. The monoisotopic (exact) mass is 181 g/mol. The van der Waals surface area contributed by atoms with Gasteiger partial charge in [-0.05, 0) is 18.9 Å². The fraction of sp³-hybridized carbons (Fsp3) is 0.700. The van der Waals surface area contributed by atoms with Crippen molar-refractivity contribution in [3.05, 3.63) is 12.7 Å². The Kier molecular flexibility index (Phi) is 2.36. The SMILES string of the molecule is C=CC(=O)N1CC[C@@H]2OCC[C@@H]2C1. The van der Waals surface area contributed by atoms with Gasteiger partial charge in [0.25, 0.3) is 0 Å². The standard InChI is InChI=1S/C10H15NO2/c1-2-10(12)11-5-3-9-8(7-11)4-6-13-9/h2,8-9H,1,3-7H2/t8-,9+/m1/s1. The molecule has 0 aromatic carbocycles. The van der Waals surface area contributed by atoms with Crippen molar-refractivity contribution in [2.75, 3.05) is 19.7 Å². The third-order valence-corrected chi connectivity index (χ3v) is 2.97. The number of hydrogen-bond acceptors (Lipinski definition) is 2. The first-order valence-electron chi connectivity index (χ1n) is 4.84. The van der Waals surface area contributed by atoms with Gasteiger partial charge >= 0.3 is 0 Å². The maximum Gasteiger partial charge on any atom is 0.245 e. The van der Waals surface area contributed by atoms with Crippen molar-refractivity contribution < 1.29 is 9.53 Å². The highest BCUT2D eigenvalue weighted by atomic mass is 16.5. The molecule has 0 N–H and O–H groups in total. The average molecular weight is 181 g/mol. The topological polar surface area (TPSA) is 29.5 Å². The largest absolute Gasteiger partial charge is 0.378 e. The summed E-state index contributed by atoms with van der Waals surface area (Å²) in [5.41, 5.74) is 0. The van der Waals surface area contributed by atoms with Crippen LogP contribution in [0.3, 0.4) is 0 Å². The van der Waals surface area contributed by atoms with Crippen LogP contribution in [0.4, 0.5) is 0 Å². The zero-order valence-corrected chi connectivity index (χ0v) is 7.74. The number of likely N-dealkylation sites (tertiary alicyclic amines) is 1. The van der Waals surface area contributed by atoms with E-state index < -0.39 is 0 Å². The van der Waals surface area contributed by atoms with E-state index in [2.05, 4.69) is 6.58 Å². The average Bonchev–Trinajstić information content (AvgIpc) is 2.63. The molecule has 0 radical (unpaired) electrons. The van der Waals surface area contributed by atoms with Gasteiger partial charge < -0.3 is 9.64 Å². The van der Waals surface area contributed by atoms with Gasteiger partial charge in [0.1, 0.15) is 0 Å². The van der Waals surface area contributed by atoms with E-state index in [1.165, 1.54) is 6.08 Å². The lowest BCUT2D eigenvalue weighted by molar-refractivity contribution is -0.128. The van der Waals surface area contributed by atoms with E-state index in [1.807, 2.05) is 4.90 Å². The first kappa shape index (κ1) is 8.75. The Hall–Kier alpha value is -0.830. The van der Waals surface area contributed by atoms with Crippen LogP contribution < -0.4 is 0 Å². The van der Waals surface area contributed by atoms with E-state index in [0.717, 1.165) is 32.5 Å². The molecule has 0 aromatic heterocycles. The predicted octanol–water partition coefficient (Wildman–Crippen LogP) is 0.810. The first-order chi connectivity index (χ1) is 6.31. The number of fused-ring (bicyclic) bond motifs is 1. The van der Waals surface area contributed by atoms with Gasteiger partial charge in [-0.2, -0.15) is 0 Å². The second kappa shape index (κ2) is 3.50. The molecule has 0 aromatic rings. The minimum Gasteiger partial charge on any atom is -0.378 e. The normalized spacial score (nSPS) is 32.8. The van der Waals surface area contributed by atoms with Crippen LogP contribution in [0.5, 0.6) is 0 Å². The molecule has 2 fully saturated rings. The molecule has 13 heavy (non-hydrogen) atoms. The maximum absolute atomic E-state index is 11.3. The van der Waals surface area contributed by atoms with Gasteiger partial charge in [-0.15, -0.1) is 0 Å². The van der Waals surface area contributed by atoms with Crippen molar-refractivity contribution in [1.29, 1.82) is 0 Å². The van der Waals surface area contributed by atoms with Gasteiger partial charge in [-0.25, -0.2) is 0 Å². The Morgan fingerprint density at radius 1 is 1.54 bits per heavy atom. The summed E-state index contributed by atoms with van der Waals surface area (Å²) in [6.07, 6.45) is 3.90. The van der Waals surface area contributed by atoms with Crippen LogP contribution in [0.15, 0.2) is 12.7 Å². The molecule has 2 saturated heterocycles. The highest BCUT2D eigenvalue weighted by molar-refractivity contribution is 5.87. The summed E-state index contributed by atoms with van der Waals surface area (Å²) in [6.45, 7) is 6.05. The van der Waals surface area contributed by atoms with Crippen LogP contribution in [0, 0.1) is 5.92 Å². The molecule has 0 unspecified atom stereocenters. The van der Waals surface area contributed by atoms with Crippen LogP contribution in [0.1, 0.15) is 12.8 Å². The van der Waals surface area contributed by atoms with Gasteiger partial charge in [-0.3, -0.25) is 4.79 Å². The van der Waals surface area contributed by atoms with E-state index in [0.29, 0.717) is 12.0 Å². The van der Waals surface area contributed by atoms with Crippen LogP contribution in [0.25, 0.3) is 0 Å². The van der Waals surface area contributed by atoms with Crippen molar-refractivity contribution in [3.63, 3.8) is 0 Å². The van der Waals surface area contributed by atoms with Crippen LogP contribution in [-0.2, 0) is 9.53 Å². The van der Waals surface area contributed by atoms with Crippen LogP contribution >= 0.6 is 0 Å². The Morgan fingerprint density at radius 2 is 2.38 bits per heavy atom. The molecule has 3 nitrogen and oxygen atoms in total. The van der Waals surface area contributed by atoms with Gasteiger partial charge in [0.15, 0.2) is 0 Å². The number of hydrogen-bond donors (Lipinski definition) is 0. The highest BCUT2D eigenvalue weighted by Gasteiger charge is 2.34. The van der Waals surface area contributed by atoms with Crippen molar-refractivity contribution in [2.45, 2.75) is 18.9 Å². The molecule has 1 amide bonds. The van der Waals surface area contributed by atoms with Crippen molar-refractivity contribution >= 4 is 5.91 Å². The van der Waals surface area contributed by atoms with Crippen molar-refractivity contribution in [3.8, 4) is 0 Å². The lowest BCUT2D eigenvalue weighted by Crippen LogP contribution is -2.43. The molecule has 2 aliphatic heterocycles. The van der Waals surface area contributed by atoms with E-state index in [1.54, 1.807) is 0 Å². The first-order valence-corrected chi connectivity index (χ1v) is 4.84. The summed E-state index contributed by atoms with van der Waals surface area (Å²) in [7, 11) is 0. The molecule has 0 spiro atoms. The third kappa shape index (κ3) is 1.61. The molecule has 2 heterocycles. The second-order valence-corrected chi connectivity index (χ2v) is 3.74. The van der Waals surface area contributed by atoms with E-state index >= 15 is 0 Å². The van der Waals surface area contributed by atoms with Gasteiger partial charge in [-0.1, -0.05) is 6.58 Å². The van der Waals surface area contributed by atoms with Crippen LogP contribution in [0.2, 0.25) is 0 Å². The molecule has 2 aliphatic rings. The van der Waals surface area contributed by atoms with E-state index in [9.17, 15) is 4.79 Å². The minimum absolute atomic E-state index is 0.0605. The Morgan fingerprint density at radius 3 is 3.15 bits per heavy atom. The zero-order valence-electron chi connectivity index (χ0n) is 7.74. The number of nitrogens with zero attached hydrogens (tertiary/aromatic N) is 1. The summed E-state index contributed by atoms with van der Waals surface area (Å²) < 4.78 is 5.55. The molecule has 0 bridgehead atoms. The lowest BCUT2D eigenvalue weighted by atomic mass is 9.94. The summed E-state index contributed by atoms with van der Waals surface area (Å²) in [5.74, 6) is 0.628. The minimum atomic E-state index is 0.0605. The smallest absolute Gasteiger partial charge is 0.245 e. The number of piperidine rings is 1. The lowest BCUT2D eigenvalue weighted by Gasteiger charge is -2.33. The number of carbonyl (C=O) groups is 1. The molecular formula is C10H15NO2. The fourth-order valence-corrected chi connectivity index (χ4v) is 2.21. The third-order valence-electron chi connectivity index (χ3n) is 2.97. The molecule has 0 saturated carbocycles. The Labute approximate surface area is 78.4 Å². The van der Waals surface area contributed by atoms with Crippen LogP contribution in [-0.4, -0.2) is 36.6 Å². The molecule has 72 valence electrons. The Bertz CT molecular complexity index is 227. The molecule has 2 rings (SSSR count). The van der Waals surface area contributed by atoms with Crippen molar-refractivity contribution in [2.24, 2.45) is 5.92 Å². The van der Waals surface area contributed by atoms with Gasteiger partial charge in [0.2, 0.25) is 5.91 Å². The van der Waals surface area contributed by atoms with Crippen molar-refractivity contribution in [1.82, 2.24) is 4.90 Å². The molecular weight excluding hydrogens is 166 g/mol. The fourth-order valence-electron chi connectivity index (χ4n) is 2.21. The predicted molar refractivity (Wildman–Crippen MR) is 49.2 cm³/mol. The maximum atomic E-state index is 11.3. The van der Waals surface area contributed by atoms with E-state index in [-0.39, 0.29) is 5.91 Å². The van der Waals surface area contributed by atoms with Gasteiger partial charge in [0.05, 0.1) is 6.10 Å². The molecule has 3 heteroatoms. The Balaban J connectivity index is 1.96. The quantitative estimate of drug-likeness (QED) is 0.560.